The van der Waals surface area contributed by atoms with Gasteiger partial charge in [0.1, 0.15) is 6.54 Å². The minimum atomic E-state index is -0.260. The van der Waals surface area contributed by atoms with Gasteiger partial charge >= 0.3 is 6.03 Å². The highest BCUT2D eigenvalue weighted by atomic mass is 16.5. The number of nitrogens with one attached hydrogen (secondary N) is 2. The zero-order valence-corrected chi connectivity index (χ0v) is 13.6. The van der Waals surface area contributed by atoms with E-state index in [-0.39, 0.29) is 18.5 Å². The molecule has 0 aromatic heterocycles. The summed E-state index contributed by atoms with van der Waals surface area (Å²) in [6, 6.07) is 5.30. The Balaban J connectivity index is 2.01. The Hall–Kier alpha value is -2.44. The number of hydrogen-bond donors (Lipinski definition) is 2. The number of benzene rings is 1. The van der Waals surface area contributed by atoms with Gasteiger partial charge in [0.15, 0.2) is 11.5 Å². The van der Waals surface area contributed by atoms with Crippen LogP contribution in [0.5, 0.6) is 11.5 Å². The van der Waals surface area contributed by atoms with Crippen LogP contribution < -0.4 is 20.1 Å². The second-order valence-electron chi connectivity index (χ2n) is 5.23. The fourth-order valence-electron chi connectivity index (χ4n) is 2.32. The Morgan fingerprint density at radius 3 is 2.96 bits per heavy atom. The highest BCUT2D eigenvalue weighted by Gasteiger charge is 2.21. The average molecular weight is 321 g/mol. The topological polar surface area (TPSA) is 79.9 Å². The molecule has 7 nitrogen and oxygen atoms in total. The van der Waals surface area contributed by atoms with Gasteiger partial charge in [0.05, 0.1) is 13.7 Å². The summed E-state index contributed by atoms with van der Waals surface area (Å²) in [7, 11) is 1.59. The molecular formula is C16H23N3O4. The van der Waals surface area contributed by atoms with E-state index in [4.69, 9.17) is 9.47 Å². The Morgan fingerprint density at radius 1 is 1.43 bits per heavy atom. The van der Waals surface area contributed by atoms with E-state index in [9.17, 15) is 9.59 Å². The molecule has 1 aromatic rings. The van der Waals surface area contributed by atoms with E-state index in [0.29, 0.717) is 37.7 Å². The smallest absolute Gasteiger partial charge is 0.318 e. The summed E-state index contributed by atoms with van der Waals surface area (Å²) in [4.78, 5) is 25.0. The lowest BCUT2D eigenvalue weighted by Crippen LogP contribution is -2.52. The molecule has 0 radical (unpaired) electrons. The minimum Gasteiger partial charge on any atom is -0.493 e. The van der Waals surface area contributed by atoms with E-state index in [0.717, 1.165) is 12.0 Å². The molecule has 0 bridgehead atoms. The Morgan fingerprint density at radius 2 is 2.26 bits per heavy atom. The van der Waals surface area contributed by atoms with Crippen LogP contribution in [-0.4, -0.2) is 50.2 Å². The van der Waals surface area contributed by atoms with Gasteiger partial charge in [-0.05, 0) is 12.5 Å². The summed E-state index contributed by atoms with van der Waals surface area (Å²) < 4.78 is 11.1. The van der Waals surface area contributed by atoms with Gasteiger partial charge in [0.2, 0.25) is 5.91 Å². The van der Waals surface area contributed by atoms with Crippen molar-refractivity contribution in [2.24, 2.45) is 0 Å². The van der Waals surface area contributed by atoms with Crippen molar-refractivity contribution in [3.63, 3.8) is 0 Å². The first-order chi connectivity index (χ1) is 11.2. The number of hydrogen-bond acceptors (Lipinski definition) is 4. The standard InChI is InChI=1S/C16H23N3O4/c1-3-9-23-15-12(5-4-6-13(15)22-2)10-18-16(21)19-8-7-17-14(20)11-19/h4-6H,3,7-11H2,1-2H3,(H,17,20)(H,18,21). The van der Waals surface area contributed by atoms with Gasteiger partial charge in [-0.15, -0.1) is 0 Å². The molecule has 126 valence electrons. The lowest BCUT2D eigenvalue weighted by Gasteiger charge is -2.27. The zero-order chi connectivity index (χ0) is 16.7. The van der Waals surface area contributed by atoms with E-state index in [1.807, 2.05) is 25.1 Å². The van der Waals surface area contributed by atoms with E-state index in [2.05, 4.69) is 10.6 Å². The molecule has 0 saturated carbocycles. The number of carbonyl (C=O) groups is 2. The van der Waals surface area contributed by atoms with Gasteiger partial charge in [-0.3, -0.25) is 4.79 Å². The van der Waals surface area contributed by atoms with Crippen LogP contribution in [-0.2, 0) is 11.3 Å². The summed E-state index contributed by atoms with van der Waals surface area (Å²) in [5, 5.41) is 5.52. The number of urea groups is 1. The lowest BCUT2D eigenvalue weighted by molar-refractivity contribution is -0.123. The lowest BCUT2D eigenvalue weighted by atomic mass is 10.2. The predicted octanol–water partition coefficient (Wildman–Crippen LogP) is 1.13. The zero-order valence-electron chi connectivity index (χ0n) is 13.6. The van der Waals surface area contributed by atoms with Crippen molar-refractivity contribution in [3.8, 4) is 11.5 Å². The third-order valence-corrected chi connectivity index (χ3v) is 3.49. The number of methoxy groups -OCH3 is 1. The molecule has 1 aliphatic heterocycles. The van der Waals surface area contributed by atoms with Gasteiger partial charge in [-0.2, -0.15) is 0 Å². The molecule has 1 fully saturated rings. The van der Waals surface area contributed by atoms with Crippen molar-refractivity contribution in [3.05, 3.63) is 23.8 Å². The Bertz CT molecular complexity index is 562. The van der Waals surface area contributed by atoms with Gasteiger partial charge in [-0.25, -0.2) is 4.79 Å². The van der Waals surface area contributed by atoms with E-state index in [1.54, 1.807) is 7.11 Å². The molecule has 1 aliphatic rings. The number of para-hydroxylation sites is 1. The summed E-state index contributed by atoms with van der Waals surface area (Å²) in [6.45, 7) is 3.99. The van der Waals surface area contributed by atoms with Crippen molar-refractivity contribution < 1.29 is 19.1 Å². The summed E-state index contributed by atoms with van der Waals surface area (Å²) in [5.41, 5.74) is 0.840. The van der Waals surface area contributed by atoms with Crippen molar-refractivity contribution in [2.45, 2.75) is 19.9 Å². The molecule has 3 amide bonds. The molecule has 1 aromatic carbocycles. The Labute approximate surface area is 135 Å². The number of piperazine rings is 1. The molecule has 2 N–H and O–H groups in total. The maximum Gasteiger partial charge on any atom is 0.318 e. The summed E-state index contributed by atoms with van der Waals surface area (Å²) in [6.07, 6.45) is 0.882. The van der Waals surface area contributed by atoms with Gasteiger partial charge in [-0.1, -0.05) is 19.1 Å². The van der Waals surface area contributed by atoms with Crippen molar-refractivity contribution in [1.29, 1.82) is 0 Å². The predicted molar refractivity (Wildman–Crippen MR) is 85.6 cm³/mol. The Kier molecular flexibility index (Phi) is 6.08. The number of ether oxygens (including phenoxy) is 2. The number of nitrogens with zero attached hydrogens (tertiary/aromatic N) is 1. The average Bonchev–Trinajstić information content (AvgIpc) is 2.57. The molecule has 1 heterocycles. The minimum absolute atomic E-state index is 0.0864. The largest absolute Gasteiger partial charge is 0.493 e. The molecule has 0 spiro atoms. The van der Waals surface area contributed by atoms with Crippen molar-refractivity contribution in [2.75, 3.05) is 33.4 Å². The molecule has 0 unspecified atom stereocenters. The van der Waals surface area contributed by atoms with Crippen LogP contribution in [0.1, 0.15) is 18.9 Å². The van der Waals surface area contributed by atoms with Crippen LogP contribution in [0.3, 0.4) is 0 Å². The third-order valence-electron chi connectivity index (χ3n) is 3.49. The second-order valence-corrected chi connectivity index (χ2v) is 5.23. The van der Waals surface area contributed by atoms with Gasteiger partial charge in [0.25, 0.3) is 0 Å². The first-order valence-electron chi connectivity index (χ1n) is 7.73. The monoisotopic (exact) mass is 321 g/mol. The molecule has 0 aliphatic carbocycles. The molecule has 2 rings (SSSR count). The van der Waals surface area contributed by atoms with Crippen LogP contribution in [0.2, 0.25) is 0 Å². The van der Waals surface area contributed by atoms with Gasteiger partial charge < -0.3 is 25.0 Å². The molecule has 0 atom stereocenters. The normalized spacial score (nSPS) is 14.2. The van der Waals surface area contributed by atoms with E-state index >= 15 is 0 Å². The van der Waals surface area contributed by atoms with Crippen LogP contribution in [0.25, 0.3) is 0 Å². The third kappa shape index (κ3) is 4.51. The van der Waals surface area contributed by atoms with Gasteiger partial charge in [0, 0.05) is 25.2 Å². The number of amides is 3. The van der Waals surface area contributed by atoms with E-state index in [1.165, 1.54) is 4.90 Å². The molecule has 23 heavy (non-hydrogen) atoms. The molecule has 7 heteroatoms. The fourth-order valence-corrected chi connectivity index (χ4v) is 2.32. The molecule has 1 saturated heterocycles. The van der Waals surface area contributed by atoms with Crippen LogP contribution >= 0.6 is 0 Å². The van der Waals surface area contributed by atoms with Crippen LogP contribution in [0, 0.1) is 0 Å². The van der Waals surface area contributed by atoms with E-state index < -0.39 is 0 Å². The van der Waals surface area contributed by atoms with Crippen molar-refractivity contribution in [1.82, 2.24) is 15.5 Å². The SMILES string of the molecule is CCCOc1c(CNC(=O)N2CCNC(=O)C2)cccc1OC. The molecular weight excluding hydrogens is 298 g/mol. The maximum absolute atomic E-state index is 12.2. The first-order valence-corrected chi connectivity index (χ1v) is 7.73. The first kappa shape index (κ1) is 16.9. The van der Waals surface area contributed by atoms with Crippen LogP contribution in [0.15, 0.2) is 18.2 Å². The summed E-state index contributed by atoms with van der Waals surface area (Å²) in [5.74, 6) is 1.15. The number of rotatable bonds is 6. The highest BCUT2D eigenvalue weighted by molar-refractivity contribution is 5.85. The summed E-state index contributed by atoms with van der Waals surface area (Å²) >= 11 is 0. The number of carbonyl (C=O) groups excluding carboxylic acids is 2. The quantitative estimate of drug-likeness (QED) is 0.823. The highest BCUT2D eigenvalue weighted by Crippen LogP contribution is 2.31. The van der Waals surface area contributed by atoms with Crippen LogP contribution in [0.4, 0.5) is 4.79 Å². The second kappa shape index (κ2) is 8.26. The fraction of sp³-hybridized carbons (Fsp3) is 0.500. The van der Waals surface area contributed by atoms with Crippen molar-refractivity contribution >= 4 is 11.9 Å². The maximum atomic E-state index is 12.2.